The standard InChI is InChI=1S/C15H23N/c1-12(2)16-15(9-4-5-10-15)14-8-6-7-13(3)11-14/h6-8,11-12,16H,4-5,9-10H2,1-3H3. The average Bonchev–Trinajstić information content (AvgIpc) is 2.66. The quantitative estimate of drug-likeness (QED) is 0.813. The van der Waals surface area contributed by atoms with E-state index in [2.05, 4.69) is 50.4 Å². The molecule has 1 N–H and O–H groups in total. The molecule has 1 aromatic rings. The molecule has 0 unspecified atom stereocenters. The number of hydrogen-bond donors (Lipinski definition) is 1. The molecule has 0 bridgehead atoms. The van der Waals surface area contributed by atoms with Crippen LogP contribution in [0.1, 0.15) is 50.7 Å². The Morgan fingerprint density at radius 2 is 1.88 bits per heavy atom. The minimum absolute atomic E-state index is 0.250. The van der Waals surface area contributed by atoms with Crippen LogP contribution in [0.2, 0.25) is 0 Å². The lowest BCUT2D eigenvalue weighted by Crippen LogP contribution is -2.43. The van der Waals surface area contributed by atoms with Gasteiger partial charge < -0.3 is 5.32 Å². The average molecular weight is 217 g/mol. The normalized spacial score (nSPS) is 19.2. The Morgan fingerprint density at radius 3 is 2.44 bits per heavy atom. The summed E-state index contributed by atoms with van der Waals surface area (Å²) in [5.41, 5.74) is 3.10. The van der Waals surface area contributed by atoms with E-state index in [1.54, 1.807) is 0 Å². The van der Waals surface area contributed by atoms with E-state index in [0.717, 1.165) is 0 Å². The molecule has 1 saturated carbocycles. The second-order valence-electron chi connectivity index (χ2n) is 5.46. The molecule has 0 spiro atoms. The summed E-state index contributed by atoms with van der Waals surface area (Å²) in [6, 6.07) is 9.56. The molecule has 1 aliphatic rings. The molecule has 0 saturated heterocycles. The summed E-state index contributed by atoms with van der Waals surface area (Å²) in [6.07, 6.45) is 5.28. The molecule has 1 aromatic carbocycles. The van der Waals surface area contributed by atoms with Crippen molar-refractivity contribution in [2.24, 2.45) is 0 Å². The van der Waals surface area contributed by atoms with E-state index in [-0.39, 0.29) is 5.54 Å². The van der Waals surface area contributed by atoms with E-state index in [4.69, 9.17) is 0 Å². The first kappa shape index (κ1) is 11.7. The van der Waals surface area contributed by atoms with Crippen molar-refractivity contribution in [1.29, 1.82) is 0 Å². The second kappa shape index (κ2) is 4.58. The van der Waals surface area contributed by atoms with Crippen molar-refractivity contribution in [1.82, 2.24) is 5.32 Å². The van der Waals surface area contributed by atoms with Gasteiger partial charge in [0.15, 0.2) is 0 Å². The van der Waals surface area contributed by atoms with Crippen molar-refractivity contribution in [3.05, 3.63) is 35.4 Å². The predicted octanol–water partition coefficient (Wildman–Crippen LogP) is 3.76. The third kappa shape index (κ3) is 2.30. The molecule has 1 fully saturated rings. The number of benzene rings is 1. The summed E-state index contributed by atoms with van der Waals surface area (Å²) in [5.74, 6) is 0. The zero-order chi connectivity index (χ0) is 11.6. The second-order valence-corrected chi connectivity index (χ2v) is 5.46. The first-order valence-electron chi connectivity index (χ1n) is 6.47. The van der Waals surface area contributed by atoms with Crippen LogP contribution >= 0.6 is 0 Å². The van der Waals surface area contributed by atoms with Gasteiger partial charge in [-0.25, -0.2) is 0 Å². The van der Waals surface area contributed by atoms with Crippen LogP contribution in [0, 0.1) is 6.92 Å². The number of hydrogen-bond acceptors (Lipinski definition) is 1. The van der Waals surface area contributed by atoms with Crippen molar-refractivity contribution in [3.8, 4) is 0 Å². The summed E-state index contributed by atoms with van der Waals surface area (Å²) in [4.78, 5) is 0. The van der Waals surface area contributed by atoms with Crippen LogP contribution in [0.5, 0.6) is 0 Å². The fraction of sp³-hybridized carbons (Fsp3) is 0.600. The summed E-state index contributed by atoms with van der Waals surface area (Å²) >= 11 is 0. The Morgan fingerprint density at radius 1 is 1.19 bits per heavy atom. The predicted molar refractivity (Wildman–Crippen MR) is 69.6 cm³/mol. The van der Waals surface area contributed by atoms with Gasteiger partial charge in [0.25, 0.3) is 0 Å². The molecule has 1 nitrogen and oxygen atoms in total. The molecule has 2 rings (SSSR count). The zero-order valence-corrected chi connectivity index (χ0v) is 10.7. The van der Waals surface area contributed by atoms with E-state index >= 15 is 0 Å². The zero-order valence-electron chi connectivity index (χ0n) is 10.7. The van der Waals surface area contributed by atoms with Crippen LogP contribution in [0.15, 0.2) is 24.3 Å². The SMILES string of the molecule is Cc1cccc(C2(NC(C)C)CCCC2)c1. The van der Waals surface area contributed by atoms with Crippen molar-refractivity contribution < 1.29 is 0 Å². The van der Waals surface area contributed by atoms with Gasteiger partial charge in [-0.15, -0.1) is 0 Å². The number of aryl methyl sites for hydroxylation is 1. The Labute approximate surface area is 99.3 Å². The van der Waals surface area contributed by atoms with E-state index in [1.807, 2.05) is 0 Å². The van der Waals surface area contributed by atoms with Crippen molar-refractivity contribution in [3.63, 3.8) is 0 Å². The van der Waals surface area contributed by atoms with Crippen LogP contribution in [0.4, 0.5) is 0 Å². The Kier molecular flexibility index (Phi) is 3.34. The molecule has 0 aromatic heterocycles. The van der Waals surface area contributed by atoms with Gasteiger partial charge in [-0.05, 0) is 25.3 Å². The lowest BCUT2D eigenvalue weighted by atomic mass is 9.86. The smallest absolute Gasteiger partial charge is 0.0436 e. The molecule has 16 heavy (non-hydrogen) atoms. The van der Waals surface area contributed by atoms with Gasteiger partial charge in [0.1, 0.15) is 0 Å². The topological polar surface area (TPSA) is 12.0 Å². The first-order valence-corrected chi connectivity index (χ1v) is 6.47. The molecule has 1 aliphatic carbocycles. The van der Waals surface area contributed by atoms with Gasteiger partial charge in [0, 0.05) is 11.6 Å². The minimum Gasteiger partial charge on any atom is -0.305 e. The Hall–Kier alpha value is -0.820. The largest absolute Gasteiger partial charge is 0.305 e. The Bertz CT molecular complexity index is 348. The fourth-order valence-electron chi connectivity index (χ4n) is 2.99. The van der Waals surface area contributed by atoms with Gasteiger partial charge in [0.05, 0.1) is 0 Å². The molecular weight excluding hydrogens is 194 g/mol. The van der Waals surface area contributed by atoms with Crippen LogP contribution in [0.25, 0.3) is 0 Å². The van der Waals surface area contributed by atoms with Crippen molar-refractivity contribution >= 4 is 0 Å². The van der Waals surface area contributed by atoms with Crippen LogP contribution in [0.3, 0.4) is 0 Å². The maximum absolute atomic E-state index is 3.80. The van der Waals surface area contributed by atoms with E-state index in [1.165, 1.54) is 36.8 Å². The van der Waals surface area contributed by atoms with Gasteiger partial charge in [-0.3, -0.25) is 0 Å². The highest BCUT2D eigenvalue weighted by Gasteiger charge is 2.35. The monoisotopic (exact) mass is 217 g/mol. The third-order valence-electron chi connectivity index (χ3n) is 3.59. The van der Waals surface area contributed by atoms with Crippen molar-refractivity contribution in [2.45, 2.75) is 58.0 Å². The molecule has 1 heteroatoms. The summed E-state index contributed by atoms with van der Waals surface area (Å²) in [6.45, 7) is 6.67. The third-order valence-corrected chi connectivity index (χ3v) is 3.59. The molecule has 0 heterocycles. The van der Waals surface area contributed by atoms with E-state index in [9.17, 15) is 0 Å². The maximum Gasteiger partial charge on any atom is 0.0436 e. The summed E-state index contributed by atoms with van der Waals surface area (Å²) in [7, 11) is 0. The molecule has 0 atom stereocenters. The van der Waals surface area contributed by atoms with Crippen LogP contribution in [-0.4, -0.2) is 6.04 Å². The molecule has 0 aliphatic heterocycles. The lowest BCUT2D eigenvalue weighted by molar-refractivity contribution is 0.312. The highest BCUT2D eigenvalue weighted by Crippen LogP contribution is 2.39. The Balaban J connectivity index is 2.31. The molecule has 0 radical (unpaired) electrons. The van der Waals surface area contributed by atoms with Gasteiger partial charge >= 0.3 is 0 Å². The molecule has 0 amide bonds. The molecule has 88 valence electrons. The van der Waals surface area contributed by atoms with Crippen molar-refractivity contribution in [2.75, 3.05) is 0 Å². The number of nitrogens with one attached hydrogen (secondary N) is 1. The van der Waals surface area contributed by atoms with Gasteiger partial charge in [-0.1, -0.05) is 56.5 Å². The highest BCUT2D eigenvalue weighted by atomic mass is 15.0. The summed E-state index contributed by atoms with van der Waals surface area (Å²) < 4.78 is 0. The van der Waals surface area contributed by atoms with Crippen LogP contribution < -0.4 is 5.32 Å². The lowest BCUT2D eigenvalue weighted by Gasteiger charge is -2.33. The minimum atomic E-state index is 0.250. The fourth-order valence-corrected chi connectivity index (χ4v) is 2.99. The summed E-state index contributed by atoms with van der Waals surface area (Å²) in [5, 5.41) is 3.80. The number of rotatable bonds is 3. The first-order chi connectivity index (χ1) is 7.62. The van der Waals surface area contributed by atoms with Gasteiger partial charge in [0.2, 0.25) is 0 Å². The maximum atomic E-state index is 3.80. The highest BCUT2D eigenvalue weighted by molar-refractivity contribution is 5.30. The van der Waals surface area contributed by atoms with E-state index in [0.29, 0.717) is 6.04 Å². The van der Waals surface area contributed by atoms with Crippen LogP contribution in [-0.2, 0) is 5.54 Å². The van der Waals surface area contributed by atoms with E-state index < -0.39 is 0 Å². The van der Waals surface area contributed by atoms with Gasteiger partial charge in [-0.2, -0.15) is 0 Å². The molecular formula is C15H23N.